The summed E-state index contributed by atoms with van der Waals surface area (Å²) in [6.07, 6.45) is 3.12. The van der Waals surface area contributed by atoms with E-state index in [0.717, 1.165) is 46.6 Å². The van der Waals surface area contributed by atoms with Crippen LogP contribution in [-0.4, -0.2) is 19.2 Å². The number of ether oxygens (including phenoxy) is 2. The Balaban J connectivity index is 1.70. The van der Waals surface area contributed by atoms with E-state index in [1.54, 1.807) is 14.2 Å². The van der Waals surface area contributed by atoms with E-state index < -0.39 is 5.63 Å². The van der Waals surface area contributed by atoms with E-state index in [4.69, 9.17) is 23.3 Å². The molecule has 0 spiro atoms. The number of furan rings is 1. The Labute approximate surface area is 199 Å². The number of benzene rings is 3. The first kappa shape index (κ1) is 20.1. The normalized spacial score (nSPS) is 13.2. The highest BCUT2D eigenvalue weighted by atomic mass is 16.5. The minimum Gasteiger partial charge on any atom is -0.493 e. The van der Waals surface area contributed by atoms with Crippen molar-refractivity contribution in [3.63, 3.8) is 0 Å². The first-order valence-corrected chi connectivity index (χ1v) is 11.6. The third-order valence-corrected chi connectivity index (χ3v) is 7.03. The van der Waals surface area contributed by atoms with Gasteiger partial charge in [0.25, 0.3) is 0 Å². The molecule has 0 saturated heterocycles. The van der Waals surface area contributed by atoms with E-state index in [1.165, 1.54) is 11.1 Å². The zero-order valence-electron chi connectivity index (χ0n) is 19.3. The van der Waals surface area contributed by atoms with Gasteiger partial charge in [0.1, 0.15) is 16.7 Å². The van der Waals surface area contributed by atoms with Crippen LogP contribution in [-0.2, 0) is 12.8 Å². The van der Waals surface area contributed by atoms with Gasteiger partial charge in [0, 0.05) is 21.7 Å². The van der Waals surface area contributed by atoms with Gasteiger partial charge >= 0.3 is 5.63 Å². The Morgan fingerprint density at radius 1 is 0.800 bits per heavy atom. The Kier molecular flexibility index (Phi) is 4.21. The molecule has 0 saturated carbocycles. The average Bonchev–Trinajstić information content (AvgIpc) is 3.50. The number of para-hydroxylation sites is 1. The molecule has 0 amide bonds. The standard InChI is InChI=1S/C29H21NO5/c1-32-21-11-10-17(14-23(21)33-2)26-25-24(28-27(30-26)18-8-3-4-9-20(18)34-28)19-12-15-6-5-7-16(15)13-22(19)35-29(25)31/h3-4,8-14H,5-7H2,1-2H3. The number of hydrogen-bond donors (Lipinski definition) is 0. The second kappa shape index (κ2) is 7.34. The van der Waals surface area contributed by atoms with Crippen LogP contribution < -0.4 is 15.1 Å². The molecule has 1 aliphatic carbocycles. The van der Waals surface area contributed by atoms with Gasteiger partial charge in [-0.3, -0.25) is 0 Å². The van der Waals surface area contributed by atoms with Crippen molar-refractivity contribution in [3.8, 4) is 22.8 Å². The second-order valence-electron chi connectivity index (χ2n) is 8.92. The molecule has 172 valence electrons. The van der Waals surface area contributed by atoms with Gasteiger partial charge in [-0.05, 0) is 72.9 Å². The van der Waals surface area contributed by atoms with Crippen LogP contribution in [0.2, 0.25) is 0 Å². The first-order valence-electron chi connectivity index (χ1n) is 11.6. The highest BCUT2D eigenvalue weighted by Gasteiger charge is 2.24. The number of aryl methyl sites for hydroxylation is 2. The third-order valence-electron chi connectivity index (χ3n) is 7.03. The van der Waals surface area contributed by atoms with Crippen LogP contribution in [0.1, 0.15) is 17.5 Å². The van der Waals surface area contributed by atoms with Crippen LogP contribution in [0.25, 0.3) is 55.1 Å². The number of rotatable bonds is 3. The van der Waals surface area contributed by atoms with Gasteiger partial charge < -0.3 is 18.3 Å². The lowest BCUT2D eigenvalue weighted by Gasteiger charge is -2.12. The quantitative estimate of drug-likeness (QED) is 0.223. The van der Waals surface area contributed by atoms with Gasteiger partial charge in [0.05, 0.1) is 25.3 Å². The van der Waals surface area contributed by atoms with Crippen molar-refractivity contribution in [2.45, 2.75) is 19.3 Å². The highest BCUT2D eigenvalue weighted by molar-refractivity contribution is 6.23. The van der Waals surface area contributed by atoms with Gasteiger partial charge in [-0.25, -0.2) is 9.78 Å². The van der Waals surface area contributed by atoms with E-state index >= 15 is 0 Å². The number of methoxy groups -OCH3 is 2. The molecule has 0 aliphatic heterocycles. The maximum atomic E-state index is 13.5. The Hall–Kier alpha value is -4.32. The fourth-order valence-electron chi connectivity index (χ4n) is 5.39. The second-order valence-corrected chi connectivity index (χ2v) is 8.92. The smallest absolute Gasteiger partial charge is 0.346 e. The SMILES string of the molecule is COc1ccc(-c2nc3c4ccccc4oc3c3c2c(=O)oc2cc4c(cc23)CCC4)cc1OC. The Morgan fingerprint density at radius 2 is 1.60 bits per heavy atom. The monoisotopic (exact) mass is 463 g/mol. The molecule has 3 heterocycles. The van der Waals surface area contributed by atoms with Crippen molar-refractivity contribution in [3.05, 3.63) is 76.1 Å². The molecular formula is C29H21NO5. The number of fused-ring (bicyclic) bond motifs is 8. The minimum atomic E-state index is -0.440. The van der Waals surface area contributed by atoms with E-state index in [9.17, 15) is 4.79 Å². The molecule has 6 aromatic rings. The van der Waals surface area contributed by atoms with Crippen LogP contribution in [0.5, 0.6) is 11.5 Å². The Bertz CT molecular complexity index is 1880. The summed E-state index contributed by atoms with van der Waals surface area (Å²) in [5, 5.41) is 2.90. The maximum Gasteiger partial charge on any atom is 0.346 e. The van der Waals surface area contributed by atoms with Gasteiger partial charge in [-0.15, -0.1) is 0 Å². The summed E-state index contributed by atoms with van der Waals surface area (Å²) >= 11 is 0. The maximum absolute atomic E-state index is 13.5. The molecular weight excluding hydrogens is 442 g/mol. The summed E-state index contributed by atoms with van der Waals surface area (Å²) in [5.74, 6) is 1.16. The van der Waals surface area contributed by atoms with Crippen molar-refractivity contribution in [2.75, 3.05) is 14.2 Å². The number of aromatic nitrogens is 1. The van der Waals surface area contributed by atoms with Crippen molar-refractivity contribution in [1.29, 1.82) is 0 Å². The van der Waals surface area contributed by atoms with Gasteiger partial charge in [0.15, 0.2) is 17.1 Å². The van der Waals surface area contributed by atoms with E-state index in [0.29, 0.717) is 39.3 Å². The largest absolute Gasteiger partial charge is 0.493 e. The molecule has 0 fully saturated rings. The molecule has 0 radical (unpaired) electrons. The van der Waals surface area contributed by atoms with Gasteiger partial charge in [0.2, 0.25) is 0 Å². The molecule has 0 bridgehead atoms. The number of nitrogens with zero attached hydrogens (tertiary/aromatic N) is 1. The van der Waals surface area contributed by atoms with Crippen LogP contribution in [0, 0.1) is 0 Å². The predicted octanol–water partition coefficient (Wildman–Crippen LogP) is 6.41. The lowest BCUT2D eigenvalue weighted by Crippen LogP contribution is -2.05. The average molecular weight is 463 g/mol. The molecule has 6 heteroatoms. The summed E-state index contributed by atoms with van der Waals surface area (Å²) < 4.78 is 23.2. The molecule has 3 aromatic carbocycles. The van der Waals surface area contributed by atoms with Crippen molar-refractivity contribution >= 4 is 43.8 Å². The molecule has 6 nitrogen and oxygen atoms in total. The molecule has 1 aliphatic rings. The molecule has 0 N–H and O–H groups in total. The number of pyridine rings is 1. The minimum absolute atomic E-state index is 0.397. The van der Waals surface area contributed by atoms with Crippen LogP contribution >= 0.6 is 0 Å². The topological polar surface area (TPSA) is 74.7 Å². The molecule has 3 aromatic heterocycles. The van der Waals surface area contributed by atoms with Crippen molar-refractivity contribution in [1.82, 2.24) is 4.98 Å². The summed E-state index contributed by atoms with van der Waals surface area (Å²) in [6, 6.07) is 17.5. The van der Waals surface area contributed by atoms with Crippen LogP contribution in [0.4, 0.5) is 0 Å². The number of hydrogen-bond acceptors (Lipinski definition) is 6. The highest BCUT2D eigenvalue weighted by Crippen LogP contribution is 2.41. The van der Waals surface area contributed by atoms with E-state index in [2.05, 4.69) is 6.07 Å². The van der Waals surface area contributed by atoms with Crippen LogP contribution in [0.3, 0.4) is 0 Å². The molecule has 35 heavy (non-hydrogen) atoms. The zero-order chi connectivity index (χ0) is 23.7. The first-order chi connectivity index (χ1) is 17.2. The third kappa shape index (κ3) is 2.83. The predicted molar refractivity (Wildman–Crippen MR) is 136 cm³/mol. The molecule has 0 atom stereocenters. The Morgan fingerprint density at radius 3 is 2.43 bits per heavy atom. The lowest BCUT2D eigenvalue weighted by atomic mass is 9.98. The van der Waals surface area contributed by atoms with E-state index in [-0.39, 0.29) is 0 Å². The fourth-order valence-corrected chi connectivity index (χ4v) is 5.39. The summed E-state index contributed by atoms with van der Waals surface area (Å²) in [6.45, 7) is 0. The van der Waals surface area contributed by atoms with Crippen LogP contribution in [0.15, 0.2) is 68.2 Å². The zero-order valence-corrected chi connectivity index (χ0v) is 19.3. The summed E-state index contributed by atoms with van der Waals surface area (Å²) in [5.41, 5.74) is 5.97. The summed E-state index contributed by atoms with van der Waals surface area (Å²) in [4.78, 5) is 18.5. The molecule has 0 unspecified atom stereocenters. The van der Waals surface area contributed by atoms with E-state index in [1.807, 2.05) is 48.5 Å². The lowest BCUT2D eigenvalue weighted by molar-refractivity contribution is 0.355. The van der Waals surface area contributed by atoms with Crippen molar-refractivity contribution < 1.29 is 18.3 Å². The van der Waals surface area contributed by atoms with Crippen molar-refractivity contribution in [2.24, 2.45) is 0 Å². The molecule has 7 rings (SSSR count). The van der Waals surface area contributed by atoms with Gasteiger partial charge in [-0.1, -0.05) is 12.1 Å². The van der Waals surface area contributed by atoms with Gasteiger partial charge in [-0.2, -0.15) is 0 Å². The summed E-state index contributed by atoms with van der Waals surface area (Å²) in [7, 11) is 3.18. The fraction of sp³-hybridized carbons (Fsp3) is 0.172.